The average Bonchev–Trinajstić information content (AvgIpc) is 3.16. The van der Waals surface area contributed by atoms with Gasteiger partial charge in [0.2, 0.25) is 0 Å². The maximum atomic E-state index is 12.9. The molecule has 0 bridgehead atoms. The predicted molar refractivity (Wildman–Crippen MR) is 117 cm³/mol. The molecule has 5 rings (SSSR count). The summed E-state index contributed by atoms with van der Waals surface area (Å²) in [5, 5.41) is 5.17. The first-order chi connectivity index (χ1) is 14.5. The van der Waals surface area contributed by atoms with E-state index < -0.39 is 0 Å². The highest BCUT2D eigenvalue weighted by Gasteiger charge is 2.28. The van der Waals surface area contributed by atoms with Gasteiger partial charge in [0.25, 0.3) is 5.78 Å². The minimum absolute atomic E-state index is 0.104. The Morgan fingerprint density at radius 3 is 2.43 bits per heavy atom. The van der Waals surface area contributed by atoms with Gasteiger partial charge in [-0.1, -0.05) is 49.7 Å². The molecule has 1 atom stereocenters. The second-order valence-electron chi connectivity index (χ2n) is 8.14. The zero-order valence-corrected chi connectivity index (χ0v) is 17.6. The second-order valence-corrected chi connectivity index (χ2v) is 8.57. The summed E-state index contributed by atoms with van der Waals surface area (Å²) in [6.45, 7) is 4.36. The van der Waals surface area contributed by atoms with Crippen molar-refractivity contribution in [2.24, 2.45) is 0 Å². The first-order valence-corrected chi connectivity index (χ1v) is 10.5. The van der Waals surface area contributed by atoms with E-state index in [9.17, 15) is 4.79 Å². The van der Waals surface area contributed by atoms with E-state index in [4.69, 9.17) is 16.6 Å². The monoisotopic (exact) mass is 416 g/mol. The first kappa shape index (κ1) is 18.9. The largest absolute Gasteiger partial charge is 0.294 e. The molecular formula is C24H21ClN4O. The summed E-state index contributed by atoms with van der Waals surface area (Å²) >= 11 is 5.97. The van der Waals surface area contributed by atoms with Crippen LogP contribution in [0, 0.1) is 0 Å². The zero-order chi connectivity index (χ0) is 20.8. The number of ketones is 1. The van der Waals surface area contributed by atoms with Crippen LogP contribution < -0.4 is 0 Å². The number of carbonyl (C=O) groups excluding carboxylic acids is 1. The molecule has 6 heteroatoms. The van der Waals surface area contributed by atoms with Crippen molar-refractivity contribution in [1.29, 1.82) is 0 Å². The summed E-state index contributed by atoms with van der Waals surface area (Å²) in [6, 6.07) is 16.0. The van der Waals surface area contributed by atoms with Gasteiger partial charge in [-0.15, -0.1) is 5.10 Å². The Kier molecular flexibility index (Phi) is 4.63. The van der Waals surface area contributed by atoms with Crippen LogP contribution in [-0.2, 0) is 6.42 Å². The van der Waals surface area contributed by atoms with Gasteiger partial charge in [-0.3, -0.25) is 4.79 Å². The van der Waals surface area contributed by atoms with E-state index >= 15 is 0 Å². The number of Topliss-reactive ketones (excluding diaryl/α,β-unsaturated/α-hetero) is 1. The molecule has 2 heterocycles. The lowest BCUT2D eigenvalue weighted by molar-refractivity contribution is 0.0962. The van der Waals surface area contributed by atoms with Crippen molar-refractivity contribution in [3.05, 3.63) is 82.1 Å². The third kappa shape index (κ3) is 3.39. The molecule has 2 aromatic carbocycles. The number of halogens is 1. The van der Waals surface area contributed by atoms with Crippen LogP contribution in [0.3, 0.4) is 0 Å². The summed E-state index contributed by atoms with van der Waals surface area (Å²) in [5.74, 6) is 1.80. The highest BCUT2D eigenvalue weighted by molar-refractivity contribution is 6.30. The number of hydrogen-bond acceptors (Lipinski definition) is 4. The summed E-state index contributed by atoms with van der Waals surface area (Å²) in [5.41, 5.74) is 4.79. The second kappa shape index (κ2) is 7.33. The molecule has 4 aromatic rings. The standard InChI is InChI=1S/C24H21ClN4O/c1-14(2)15-3-5-16(6-4-15)18-11-21-20(22(30)12-18)13-29-24(26-21)27-23(28-29)17-7-9-19(25)10-8-17/h3-10,13-14,18H,11-12H2,1-2H3. The van der Waals surface area contributed by atoms with Crippen LogP contribution in [0.5, 0.6) is 0 Å². The quantitative estimate of drug-likeness (QED) is 0.443. The van der Waals surface area contributed by atoms with E-state index in [2.05, 4.69) is 48.2 Å². The highest BCUT2D eigenvalue weighted by atomic mass is 35.5. The Hall–Kier alpha value is -3.05. The van der Waals surface area contributed by atoms with Crippen LogP contribution in [-0.4, -0.2) is 25.4 Å². The molecule has 5 nitrogen and oxygen atoms in total. The molecule has 0 N–H and O–H groups in total. The normalized spacial score (nSPS) is 16.3. The number of benzene rings is 2. The van der Waals surface area contributed by atoms with E-state index in [1.165, 1.54) is 11.1 Å². The van der Waals surface area contributed by atoms with Crippen molar-refractivity contribution < 1.29 is 4.79 Å². The number of rotatable bonds is 3. The molecular weight excluding hydrogens is 396 g/mol. The van der Waals surface area contributed by atoms with Crippen LogP contribution in [0.4, 0.5) is 0 Å². The van der Waals surface area contributed by atoms with Crippen LogP contribution >= 0.6 is 11.6 Å². The number of fused-ring (bicyclic) bond motifs is 2. The van der Waals surface area contributed by atoms with E-state index in [-0.39, 0.29) is 11.7 Å². The minimum Gasteiger partial charge on any atom is -0.294 e. The third-order valence-electron chi connectivity index (χ3n) is 5.76. The van der Waals surface area contributed by atoms with E-state index in [0.29, 0.717) is 34.5 Å². The summed E-state index contributed by atoms with van der Waals surface area (Å²) in [6.07, 6.45) is 2.98. The number of carbonyl (C=O) groups is 1. The molecule has 0 spiro atoms. The summed E-state index contributed by atoms with van der Waals surface area (Å²) in [7, 11) is 0. The van der Waals surface area contributed by atoms with E-state index in [0.717, 1.165) is 17.7 Å². The lowest BCUT2D eigenvalue weighted by atomic mass is 9.81. The number of hydrogen-bond donors (Lipinski definition) is 0. The van der Waals surface area contributed by atoms with Gasteiger partial charge in [0.15, 0.2) is 11.6 Å². The Bertz CT molecular complexity index is 1240. The average molecular weight is 417 g/mol. The van der Waals surface area contributed by atoms with Crippen molar-refractivity contribution in [3.63, 3.8) is 0 Å². The maximum absolute atomic E-state index is 12.9. The number of nitrogens with zero attached hydrogens (tertiary/aromatic N) is 4. The van der Waals surface area contributed by atoms with Gasteiger partial charge in [0.05, 0.1) is 11.3 Å². The van der Waals surface area contributed by atoms with E-state index in [1.54, 1.807) is 22.8 Å². The summed E-state index contributed by atoms with van der Waals surface area (Å²) < 4.78 is 1.60. The lowest BCUT2D eigenvalue weighted by Crippen LogP contribution is -2.21. The molecule has 1 unspecified atom stereocenters. The Labute approximate surface area is 179 Å². The Morgan fingerprint density at radius 1 is 1.00 bits per heavy atom. The molecule has 0 saturated heterocycles. The van der Waals surface area contributed by atoms with Crippen molar-refractivity contribution in [2.45, 2.75) is 38.5 Å². The van der Waals surface area contributed by atoms with Gasteiger partial charge in [0, 0.05) is 23.2 Å². The van der Waals surface area contributed by atoms with Crippen molar-refractivity contribution in [3.8, 4) is 11.4 Å². The van der Waals surface area contributed by atoms with Gasteiger partial charge < -0.3 is 0 Å². The van der Waals surface area contributed by atoms with Gasteiger partial charge in [-0.25, -0.2) is 9.50 Å². The third-order valence-corrected chi connectivity index (χ3v) is 6.01. The van der Waals surface area contributed by atoms with E-state index in [1.807, 2.05) is 12.1 Å². The fraction of sp³-hybridized carbons (Fsp3) is 0.250. The van der Waals surface area contributed by atoms with Gasteiger partial charge in [0.1, 0.15) is 0 Å². The smallest absolute Gasteiger partial charge is 0.252 e. The van der Waals surface area contributed by atoms with Crippen LogP contribution in [0.1, 0.15) is 59.3 Å². The molecule has 150 valence electrons. The fourth-order valence-corrected chi connectivity index (χ4v) is 4.12. The molecule has 2 aromatic heterocycles. The zero-order valence-electron chi connectivity index (χ0n) is 16.8. The highest BCUT2D eigenvalue weighted by Crippen LogP contribution is 2.33. The molecule has 1 aliphatic carbocycles. The van der Waals surface area contributed by atoms with Crippen molar-refractivity contribution in [1.82, 2.24) is 19.6 Å². The number of aromatic nitrogens is 4. The topological polar surface area (TPSA) is 60.2 Å². The van der Waals surface area contributed by atoms with Crippen LogP contribution in [0.15, 0.2) is 54.7 Å². The van der Waals surface area contributed by atoms with Crippen LogP contribution in [0.2, 0.25) is 5.02 Å². The molecule has 0 aliphatic heterocycles. The fourth-order valence-electron chi connectivity index (χ4n) is 3.99. The molecule has 30 heavy (non-hydrogen) atoms. The van der Waals surface area contributed by atoms with Gasteiger partial charge in [-0.05, 0) is 53.6 Å². The van der Waals surface area contributed by atoms with Crippen LogP contribution in [0.25, 0.3) is 17.2 Å². The lowest BCUT2D eigenvalue weighted by Gasteiger charge is -2.23. The molecule has 0 radical (unpaired) electrons. The SMILES string of the molecule is CC(C)c1ccc(C2CC(=O)c3cn4nc(-c5ccc(Cl)cc5)nc4nc3C2)cc1. The first-order valence-electron chi connectivity index (χ1n) is 10.1. The van der Waals surface area contributed by atoms with Crippen molar-refractivity contribution >= 4 is 23.2 Å². The Balaban J connectivity index is 1.49. The predicted octanol–water partition coefficient (Wildman–Crippen LogP) is 5.48. The van der Waals surface area contributed by atoms with Crippen molar-refractivity contribution in [2.75, 3.05) is 0 Å². The molecule has 0 amide bonds. The van der Waals surface area contributed by atoms with Gasteiger partial charge in [-0.2, -0.15) is 4.98 Å². The maximum Gasteiger partial charge on any atom is 0.252 e. The summed E-state index contributed by atoms with van der Waals surface area (Å²) in [4.78, 5) is 22.1. The van der Waals surface area contributed by atoms with Gasteiger partial charge >= 0.3 is 0 Å². The Morgan fingerprint density at radius 2 is 1.73 bits per heavy atom. The molecule has 0 saturated carbocycles. The minimum atomic E-state index is 0.104. The molecule has 0 fully saturated rings. The molecule has 1 aliphatic rings.